The van der Waals surface area contributed by atoms with Gasteiger partial charge in [-0.1, -0.05) is 12.1 Å². The lowest BCUT2D eigenvalue weighted by atomic mass is 10.3. The van der Waals surface area contributed by atoms with Gasteiger partial charge >= 0.3 is 0 Å². The minimum absolute atomic E-state index is 0.0901. The summed E-state index contributed by atoms with van der Waals surface area (Å²) in [5, 5.41) is 6.98. The van der Waals surface area contributed by atoms with Crippen LogP contribution in [0.25, 0.3) is 16.8 Å². The first-order valence-electron chi connectivity index (χ1n) is 7.53. The van der Waals surface area contributed by atoms with Crippen LogP contribution < -0.4 is 5.32 Å². The third-order valence-electron chi connectivity index (χ3n) is 3.68. The van der Waals surface area contributed by atoms with Crippen LogP contribution in [0.5, 0.6) is 0 Å². The molecule has 0 spiro atoms. The zero-order chi connectivity index (χ0) is 16.7. The summed E-state index contributed by atoms with van der Waals surface area (Å²) in [5.41, 5.74) is 3.51. The van der Waals surface area contributed by atoms with Crippen LogP contribution in [0, 0.1) is 13.8 Å². The van der Waals surface area contributed by atoms with Crippen LogP contribution in [0.4, 0.5) is 0 Å². The first-order valence-corrected chi connectivity index (χ1v) is 7.53. The lowest BCUT2D eigenvalue weighted by Crippen LogP contribution is -2.24. The number of H-pyrrole nitrogens is 1. The molecule has 4 rings (SSSR count). The highest BCUT2D eigenvalue weighted by Gasteiger charge is 2.15. The molecule has 0 radical (unpaired) electrons. The first kappa shape index (κ1) is 14.3. The summed E-state index contributed by atoms with van der Waals surface area (Å²) in [6, 6.07) is 9.59. The molecule has 4 aromatic rings. The van der Waals surface area contributed by atoms with Crippen molar-refractivity contribution in [2.75, 3.05) is 0 Å². The highest BCUT2D eigenvalue weighted by molar-refractivity contribution is 5.90. The number of benzene rings is 1. The average Bonchev–Trinajstić information content (AvgIpc) is 3.15. The van der Waals surface area contributed by atoms with E-state index < -0.39 is 0 Å². The molecule has 1 amide bonds. The molecule has 0 fully saturated rings. The lowest BCUT2D eigenvalue weighted by Gasteiger charge is -1.98. The number of hydrogen-bond acceptors (Lipinski definition) is 5. The predicted molar refractivity (Wildman–Crippen MR) is 87.5 cm³/mol. The number of aryl methyl sites for hydroxylation is 2. The Morgan fingerprint density at radius 1 is 1.21 bits per heavy atom. The molecule has 3 aromatic heterocycles. The van der Waals surface area contributed by atoms with Crippen LogP contribution >= 0.6 is 0 Å². The molecule has 1 aromatic carbocycles. The molecule has 0 unspecified atom stereocenters. The highest BCUT2D eigenvalue weighted by Crippen LogP contribution is 2.10. The maximum Gasteiger partial charge on any atom is 0.291 e. The molecule has 0 saturated carbocycles. The van der Waals surface area contributed by atoms with Crippen molar-refractivity contribution in [1.29, 1.82) is 0 Å². The van der Waals surface area contributed by atoms with Gasteiger partial charge in [-0.15, -0.1) is 5.10 Å². The Morgan fingerprint density at radius 2 is 2.04 bits per heavy atom. The van der Waals surface area contributed by atoms with Crippen LogP contribution in [0.15, 0.2) is 30.3 Å². The number of hydrogen-bond donors (Lipinski definition) is 2. The number of nitrogens with one attached hydrogen (secondary N) is 2. The number of aromatic amines is 1. The Morgan fingerprint density at radius 3 is 2.88 bits per heavy atom. The van der Waals surface area contributed by atoms with E-state index in [0.717, 1.165) is 22.4 Å². The third kappa shape index (κ3) is 2.47. The molecule has 0 aliphatic rings. The van der Waals surface area contributed by atoms with Crippen LogP contribution in [0.1, 0.15) is 27.8 Å². The predicted octanol–water partition coefficient (Wildman–Crippen LogP) is 1.55. The first-order chi connectivity index (χ1) is 11.6. The standard InChI is InChI=1S/C16H15N7O/c1-9-7-10(2)23-16(18-9)21-14(22-23)15(24)17-8-13-19-11-5-3-4-6-12(11)20-13/h3-7H,8H2,1-2H3,(H,17,24)(H,19,20). The van der Waals surface area contributed by atoms with Crippen LogP contribution in [0.3, 0.4) is 0 Å². The van der Waals surface area contributed by atoms with Gasteiger partial charge in [-0.3, -0.25) is 4.79 Å². The Balaban J connectivity index is 1.54. The number of aromatic nitrogens is 6. The summed E-state index contributed by atoms with van der Waals surface area (Å²) in [7, 11) is 0. The van der Waals surface area contributed by atoms with E-state index in [1.807, 2.05) is 44.2 Å². The summed E-state index contributed by atoms with van der Waals surface area (Å²) in [5.74, 6) is 0.824. The SMILES string of the molecule is Cc1cc(C)n2nc(C(=O)NCc3nc4ccccc4[nH]3)nc2n1. The third-order valence-corrected chi connectivity index (χ3v) is 3.68. The van der Waals surface area contributed by atoms with Crippen LogP contribution in [0.2, 0.25) is 0 Å². The Bertz CT molecular complexity index is 1030. The van der Waals surface area contributed by atoms with E-state index in [9.17, 15) is 4.79 Å². The smallest absolute Gasteiger partial charge is 0.291 e. The fourth-order valence-electron chi connectivity index (χ4n) is 2.59. The van der Waals surface area contributed by atoms with Gasteiger partial charge in [0.1, 0.15) is 5.82 Å². The summed E-state index contributed by atoms with van der Waals surface area (Å²) in [4.78, 5) is 28.3. The summed E-state index contributed by atoms with van der Waals surface area (Å²) in [6.45, 7) is 4.05. The summed E-state index contributed by atoms with van der Waals surface area (Å²) < 4.78 is 1.56. The second-order valence-corrected chi connectivity index (χ2v) is 5.57. The van der Waals surface area contributed by atoms with Gasteiger partial charge < -0.3 is 10.3 Å². The second-order valence-electron chi connectivity index (χ2n) is 5.57. The van der Waals surface area contributed by atoms with Crippen molar-refractivity contribution in [3.8, 4) is 0 Å². The van der Waals surface area contributed by atoms with Crippen molar-refractivity contribution >= 4 is 22.7 Å². The van der Waals surface area contributed by atoms with Gasteiger partial charge in [-0.2, -0.15) is 4.98 Å². The summed E-state index contributed by atoms with van der Waals surface area (Å²) in [6.07, 6.45) is 0. The molecular formula is C16H15N7O. The average molecular weight is 321 g/mol. The van der Waals surface area contributed by atoms with Crippen molar-refractivity contribution in [2.45, 2.75) is 20.4 Å². The molecule has 8 heteroatoms. The molecule has 0 aliphatic carbocycles. The molecule has 0 atom stereocenters. The largest absolute Gasteiger partial charge is 0.342 e. The van der Waals surface area contributed by atoms with Gasteiger partial charge in [0.2, 0.25) is 5.82 Å². The Labute approximate surface area is 137 Å². The number of amides is 1. The van der Waals surface area contributed by atoms with Gasteiger partial charge in [0.25, 0.3) is 11.7 Å². The number of carbonyl (C=O) groups is 1. The fourth-order valence-corrected chi connectivity index (χ4v) is 2.59. The van der Waals surface area contributed by atoms with E-state index in [0.29, 0.717) is 11.6 Å². The maximum absolute atomic E-state index is 12.3. The monoisotopic (exact) mass is 321 g/mol. The molecule has 8 nitrogen and oxygen atoms in total. The lowest BCUT2D eigenvalue weighted by molar-refractivity contribution is 0.0940. The quantitative estimate of drug-likeness (QED) is 0.596. The molecule has 0 aliphatic heterocycles. The van der Waals surface area contributed by atoms with Gasteiger partial charge in [0, 0.05) is 11.4 Å². The molecule has 0 saturated heterocycles. The number of rotatable bonds is 3. The van der Waals surface area contributed by atoms with Gasteiger partial charge in [0.05, 0.1) is 17.6 Å². The van der Waals surface area contributed by atoms with E-state index in [-0.39, 0.29) is 18.3 Å². The van der Waals surface area contributed by atoms with E-state index in [1.54, 1.807) is 4.52 Å². The van der Waals surface area contributed by atoms with Crippen LogP contribution in [-0.2, 0) is 6.54 Å². The highest BCUT2D eigenvalue weighted by atomic mass is 16.2. The molecule has 0 bridgehead atoms. The Kier molecular flexibility index (Phi) is 3.23. The zero-order valence-electron chi connectivity index (χ0n) is 13.2. The van der Waals surface area contributed by atoms with Gasteiger partial charge in [-0.05, 0) is 32.0 Å². The maximum atomic E-state index is 12.3. The normalized spacial score (nSPS) is 11.2. The number of carbonyl (C=O) groups excluding carboxylic acids is 1. The molecule has 24 heavy (non-hydrogen) atoms. The van der Waals surface area contributed by atoms with E-state index in [1.165, 1.54) is 0 Å². The van der Waals surface area contributed by atoms with Crippen molar-refractivity contribution in [3.05, 3.63) is 53.4 Å². The second kappa shape index (κ2) is 5.41. The zero-order valence-corrected chi connectivity index (χ0v) is 13.2. The van der Waals surface area contributed by atoms with Gasteiger partial charge in [-0.25, -0.2) is 14.5 Å². The van der Waals surface area contributed by atoms with Crippen molar-refractivity contribution in [2.24, 2.45) is 0 Å². The van der Waals surface area contributed by atoms with E-state index in [2.05, 4.69) is 30.4 Å². The van der Waals surface area contributed by atoms with Crippen LogP contribution in [-0.4, -0.2) is 35.5 Å². The molecule has 120 valence electrons. The number of imidazole rings is 1. The van der Waals surface area contributed by atoms with E-state index >= 15 is 0 Å². The fraction of sp³-hybridized carbons (Fsp3) is 0.188. The minimum Gasteiger partial charge on any atom is -0.342 e. The van der Waals surface area contributed by atoms with Crippen molar-refractivity contribution in [3.63, 3.8) is 0 Å². The Hall–Kier alpha value is -3.29. The molecule has 3 heterocycles. The topological polar surface area (TPSA) is 101 Å². The summed E-state index contributed by atoms with van der Waals surface area (Å²) >= 11 is 0. The number of para-hydroxylation sites is 2. The molecule has 2 N–H and O–H groups in total. The van der Waals surface area contributed by atoms with Crippen molar-refractivity contribution in [1.82, 2.24) is 34.9 Å². The minimum atomic E-state index is -0.363. The van der Waals surface area contributed by atoms with Gasteiger partial charge in [0.15, 0.2) is 0 Å². The number of fused-ring (bicyclic) bond motifs is 2. The molecular weight excluding hydrogens is 306 g/mol. The van der Waals surface area contributed by atoms with E-state index in [4.69, 9.17) is 0 Å². The van der Waals surface area contributed by atoms with Crippen molar-refractivity contribution < 1.29 is 4.79 Å². The number of nitrogens with zero attached hydrogens (tertiary/aromatic N) is 5.